The quantitative estimate of drug-likeness (QED) is 0.537. The van der Waals surface area contributed by atoms with Gasteiger partial charge in [-0.3, -0.25) is 4.79 Å². The monoisotopic (exact) mass is 418 g/mol. The van der Waals surface area contributed by atoms with Crippen molar-refractivity contribution in [3.8, 4) is 0 Å². The Morgan fingerprint density at radius 2 is 1.77 bits per heavy atom. The minimum atomic E-state index is -0.915. The summed E-state index contributed by atoms with van der Waals surface area (Å²) in [4.78, 5) is 25.7. The Labute approximate surface area is 184 Å². The molecule has 2 rings (SSSR count). The molecule has 0 aliphatic carbocycles. The van der Waals surface area contributed by atoms with E-state index in [4.69, 9.17) is 4.74 Å². The van der Waals surface area contributed by atoms with Crippen LogP contribution in [0, 0.1) is 0 Å². The molecule has 0 spiro atoms. The van der Waals surface area contributed by atoms with Gasteiger partial charge in [0.15, 0.2) is 0 Å². The fraction of sp³-hybridized carbons (Fsp3) is 0.231. The van der Waals surface area contributed by atoms with Gasteiger partial charge in [-0.15, -0.1) is 0 Å². The molecule has 0 fully saturated rings. The first kappa shape index (κ1) is 23.7. The van der Waals surface area contributed by atoms with Crippen molar-refractivity contribution >= 4 is 17.7 Å². The molecule has 0 saturated heterocycles. The second-order valence-corrected chi connectivity index (χ2v) is 6.90. The van der Waals surface area contributed by atoms with Crippen LogP contribution in [0.25, 0.3) is 0 Å². The fourth-order valence-corrected chi connectivity index (χ4v) is 3.48. The molecule has 2 amide bonds. The molecule has 2 unspecified atom stereocenters. The Morgan fingerprint density at radius 3 is 2.39 bits per heavy atom. The molecule has 2 atom stereocenters. The fourth-order valence-electron chi connectivity index (χ4n) is 3.48. The van der Waals surface area contributed by atoms with E-state index >= 15 is 0 Å². The highest BCUT2D eigenvalue weighted by Crippen LogP contribution is 2.30. The third-order valence-corrected chi connectivity index (χ3v) is 4.92. The smallest absolute Gasteiger partial charge is 0.407 e. The van der Waals surface area contributed by atoms with Crippen molar-refractivity contribution in [3.63, 3.8) is 0 Å². The zero-order chi connectivity index (χ0) is 22.6. The van der Waals surface area contributed by atoms with Crippen molar-refractivity contribution < 1.29 is 14.3 Å². The van der Waals surface area contributed by atoms with Crippen LogP contribution in [0.4, 0.5) is 10.5 Å². The number of aryl methyl sites for hydroxylation is 1. The number of para-hydroxylation sites is 1. The number of carbonyl (C=O) groups is 2. The first-order valence-corrected chi connectivity index (χ1v) is 10.3. The van der Waals surface area contributed by atoms with E-state index in [0.29, 0.717) is 0 Å². The molecule has 0 aromatic heterocycles. The third kappa shape index (κ3) is 6.44. The summed E-state index contributed by atoms with van der Waals surface area (Å²) in [7, 11) is 1.28. The predicted octanol–water partition coefficient (Wildman–Crippen LogP) is 5.38. The average Bonchev–Trinajstić information content (AvgIpc) is 2.79. The number of ether oxygens (including phenoxy) is 1. The van der Waals surface area contributed by atoms with Gasteiger partial charge in [0, 0.05) is 11.6 Å². The molecule has 0 radical (unpaired) electrons. The zero-order valence-corrected chi connectivity index (χ0v) is 18.3. The van der Waals surface area contributed by atoms with E-state index in [1.54, 1.807) is 6.08 Å². The number of carbonyl (C=O) groups excluding carboxylic acids is 2. The minimum Gasteiger partial charge on any atom is -0.453 e. The molecule has 5 nitrogen and oxygen atoms in total. The van der Waals surface area contributed by atoms with E-state index < -0.39 is 18.1 Å². The second-order valence-electron chi connectivity index (χ2n) is 6.90. The van der Waals surface area contributed by atoms with Gasteiger partial charge >= 0.3 is 6.09 Å². The zero-order valence-electron chi connectivity index (χ0n) is 18.3. The average molecular weight is 419 g/mol. The van der Waals surface area contributed by atoms with Crippen LogP contribution >= 0.6 is 0 Å². The molecule has 0 aliphatic heterocycles. The van der Waals surface area contributed by atoms with E-state index in [1.165, 1.54) is 7.11 Å². The molecule has 0 aliphatic rings. The molecule has 162 valence electrons. The van der Waals surface area contributed by atoms with Crippen molar-refractivity contribution in [2.45, 2.75) is 32.2 Å². The van der Waals surface area contributed by atoms with Crippen molar-refractivity contribution in [2.24, 2.45) is 0 Å². The van der Waals surface area contributed by atoms with Gasteiger partial charge in [-0.25, -0.2) is 4.79 Å². The summed E-state index contributed by atoms with van der Waals surface area (Å²) in [5, 5.41) is 5.73. The Bertz CT molecular complexity index is 948. The number of nitrogens with one attached hydrogen (secondary N) is 2. The van der Waals surface area contributed by atoms with Gasteiger partial charge in [0.25, 0.3) is 0 Å². The molecule has 2 aromatic carbocycles. The van der Waals surface area contributed by atoms with Crippen molar-refractivity contribution in [2.75, 3.05) is 12.4 Å². The molecule has 0 saturated carbocycles. The van der Waals surface area contributed by atoms with Gasteiger partial charge in [0.05, 0.1) is 7.11 Å². The standard InChI is InChI=1S/C26H30N2O3/c1-5-13-20(14-6-2)23(21-16-9-8-10-17-21)24(28-26(30)31-4)25(29)27-22-18-12-11-15-19(22)7-3/h5-6,8-18,23-24H,1,7H2,2-4H3,(H,27,29)(H,28,30)/b14-6-,20-13+. The summed E-state index contributed by atoms with van der Waals surface area (Å²) in [5.74, 6) is -0.789. The second kappa shape index (κ2) is 12.2. The topological polar surface area (TPSA) is 67.4 Å². The van der Waals surface area contributed by atoms with Gasteiger partial charge < -0.3 is 15.4 Å². The van der Waals surface area contributed by atoms with Crippen LogP contribution in [0.15, 0.2) is 91.1 Å². The SMILES string of the molecule is C=C/C=C(\C=C/C)C(c1ccccc1)C(NC(=O)OC)C(=O)Nc1ccccc1CC. The van der Waals surface area contributed by atoms with E-state index in [2.05, 4.69) is 17.2 Å². The Morgan fingerprint density at radius 1 is 1.10 bits per heavy atom. The molecular weight excluding hydrogens is 388 g/mol. The van der Waals surface area contributed by atoms with Crippen LogP contribution in [-0.4, -0.2) is 25.2 Å². The number of alkyl carbamates (subject to hydrolysis) is 1. The first-order chi connectivity index (χ1) is 15.0. The van der Waals surface area contributed by atoms with Crippen LogP contribution < -0.4 is 10.6 Å². The van der Waals surface area contributed by atoms with Gasteiger partial charge in [0.1, 0.15) is 6.04 Å². The maximum Gasteiger partial charge on any atom is 0.407 e. The van der Waals surface area contributed by atoms with Crippen LogP contribution in [0.5, 0.6) is 0 Å². The van der Waals surface area contributed by atoms with Crippen molar-refractivity contribution in [1.82, 2.24) is 5.32 Å². The molecule has 0 bridgehead atoms. The van der Waals surface area contributed by atoms with Crippen LogP contribution in [0.2, 0.25) is 0 Å². The van der Waals surface area contributed by atoms with Gasteiger partial charge in [-0.05, 0) is 36.1 Å². The summed E-state index contributed by atoms with van der Waals surface area (Å²) in [5.41, 5.74) is 3.45. The molecular formula is C26H30N2O3. The van der Waals surface area contributed by atoms with E-state index in [-0.39, 0.29) is 5.91 Å². The lowest BCUT2D eigenvalue weighted by molar-refractivity contribution is -0.118. The number of allylic oxidation sites excluding steroid dienone is 4. The van der Waals surface area contributed by atoms with Gasteiger partial charge in [0.2, 0.25) is 5.91 Å². The Balaban J connectivity index is 2.56. The summed E-state index contributed by atoms with van der Waals surface area (Å²) < 4.78 is 4.82. The number of methoxy groups -OCH3 is 1. The Kier molecular flexibility index (Phi) is 9.30. The lowest BCUT2D eigenvalue weighted by Crippen LogP contribution is -2.48. The van der Waals surface area contributed by atoms with E-state index in [1.807, 2.05) is 86.7 Å². The van der Waals surface area contributed by atoms with Crippen LogP contribution in [0.1, 0.15) is 30.9 Å². The highest BCUT2D eigenvalue weighted by atomic mass is 16.5. The maximum atomic E-state index is 13.5. The highest BCUT2D eigenvalue weighted by molar-refractivity contribution is 5.98. The number of anilines is 1. The number of hydrogen-bond acceptors (Lipinski definition) is 3. The highest BCUT2D eigenvalue weighted by Gasteiger charge is 2.33. The number of rotatable bonds is 9. The largest absolute Gasteiger partial charge is 0.453 e. The molecule has 31 heavy (non-hydrogen) atoms. The van der Waals surface area contributed by atoms with Gasteiger partial charge in [-0.1, -0.05) is 86.3 Å². The minimum absolute atomic E-state index is 0.334. The summed E-state index contributed by atoms with van der Waals surface area (Å²) in [6.07, 6.45) is 7.42. The number of amides is 2. The van der Waals surface area contributed by atoms with Crippen LogP contribution in [-0.2, 0) is 16.0 Å². The Hall–Kier alpha value is -3.60. The van der Waals surface area contributed by atoms with E-state index in [9.17, 15) is 9.59 Å². The lowest BCUT2D eigenvalue weighted by atomic mass is 9.83. The van der Waals surface area contributed by atoms with Crippen LogP contribution in [0.3, 0.4) is 0 Å². The first-order valence-electron chi connectivity index (χ1n) is 10.3. The van der Waals surface area contributed by atoms with Crippen molar-refractivity contribution in [1.29, 1.82) is 0 Å². The molecule has 5 heteroatoms. The number of hydrogen-bond donors (Lipinski definition) is 2. The van der Waals surface area contributed by atoms with Gasteiger partial charge in [-0.2, -0.15) is 0 Å². The molecule has 0 heterocycles. The predicted molar refractivity (Wildman–Crippen MR) is 126 cm³/mol. The summed E-state index contributed by atoms with van der Waals surface area (Å²) >= 11 is 0. The third-order valence-electron chi connectivity index (χ3n) is 4.92. The number of benzene rings is 2. The normalized spacial score (nSPS) is 13.3. The summed E-state index contributed by atoms with van der Waals surface area (Å²) in [6.45, 7) is 7.74. The van der Waals surface area contributed by atoms with Crippen molar-refractivity contribution in [3.05, 3.63) is 102 Å². The lowest BCUT2D eigenvalue weighted by Gasteiger charge is -2.28. The van der Waals surface area contributed by atoms with E-state index in [0.717, 1.165) is 28.8 Å². The molecule has 2 aromatic rings. The maximum absolute atomic E-state index is 13.5. The molecule has 2 N–H and O–H groups in total. The summed E-state index contributed by atoms with van der Waals surface area (Å²) in [6, 6.07) is 16.3.